The van der Waals surface area contributed by atoms with Crippen LogP contribution in [0, 0.1) is 18.2 Å². The molecule has 0 fully saturated rings. The van der Waals surface area contributed by atoms with Crippen LogP contribution in [0.25, 0.3) is 11.3 Å². The number of fused-ring (bicyclic) bond motifs is 1. The van der Waals surface area contributed by atoms with Crippen molar-refractivity contribution in [3.8, 4) is 29.4 Å². The van der Waals surface area contributed by atoms with Gasteiger partial charge in [0.05, 0.1) is 17.3 Å². The fourth-order valence-electron chi connectivity index (χ4n) is 2.90. The largest absolute Gasteiger partial charge is 0.489 e. The summed E-state index contributed by atoms with van der Waals surface area (Å²) in [7, 11) is 1.06. The van der Waals surface area contributed by atoms with E-state index in [1.165, 1.54) is 11.0 Å². The van der Waals surface area contributed by atoms with Gasteiger partial charge in [0.2, 0.25) is 0 Å². The molecule has 0 N–H and O–H groups in total. The molecule has 1 aliphatic heterocycles. The third-order valence-corrected chi connectivity index (χ3v) is 4.46. The highest BCUT2D eigenvalue weighted by molar-refractivity contribution is 6.33. The summed E-state index contributed by atoms with van der Waals surface area (Å²) in [5.74, 6) is 1.63. The number of aryl methyl sites for hydroxylation is 1. The van der Waals surface area contributed by atoms with Crippen molar-refractivity contribution < 1.29 is 27.1 Å². The van der Waals surface area contributed by atoms with Crippen LogP contribution in [0.5, 0.6) is 5.75 Å². The fourth-order valence-corrected chi connectivity index (χ4v) is 3.27. The maximum absolute atomic E-state index is 14.6. The standard InChI is InChI=1S/C17H12ClF4N3O2/c1-3-4-25-9(7-26)8-27-13-6-11(19)10(5-12(13)25)15-14(18)16(17(20,21)22)24(2)23-15/h1,5-7,9H,4,8H2,2H3. The number of carbonyl (C=O) groups excluding carboxylic acids is 1. The van der Waals surface area contributed by atoms with Crippen LogP contribution in [0.3, 0.4) is 0 Å². The summed E-state index contributed by atoms with van der Waals surface area (Å²) in [6.45, 7) is -0.00583. The molecule has 0 aliphatic carbocycles. The topological polar surface area (TPSA) is 47.4 Å². The van der Waals surface area contributed by atoms with E-state index in [0.29, 0.717) is 11.0 Å². The Bertz CT molecular complexity index is 949. The van der Waals surface area contributed by atoms with Crippen molar-refractivity contribution in [2.24, 2.45) is 7.05 Å². The molecule has 0 bridgehead atoms. The molecule has 1 atom stereocenters. The van der Waals surface area contributed by atoms with E-state index in [1.54, 1.807) is 0 Å². The van der Waals surface area contributed by atoms with Gasteiger partial charge in [-0.3, -0.25) is 4.68 Å². The van der Waals surface area contributed by atoms with Crippen molar-refractivity contribution >= 4 is 23.6 Å². The Morgan fingerprint density at radius 3 is 2.74 bits per heavy atom. The molecule has 2 heterocycles. The quantitative estimate of drug-likeness (QED) is 0.450. The van der Waals surface area contributed by atoms with Gasteiger partial charge in [-0.25, -0.2) is 4.39 Å². The summed E-state index contributed by atoms with van der Waals surface area (Å²) in [6.07, 6.45) is 1.19. The first kappa shape index (κ1) is 19.0. The summed E-state index contributed by atoms with van der Waals surface area (Å²) < 4.78 is 59.9. The molecule has 3 rings (SSSR count). The van der Waals surface area contributed by atoms with Gasteiger partial charge >= 0.3 is 6.18 Å². The van der Waals surface area contributed by atoms with Gasteiger partial charge in [-0.05, 0) is 6.07 Å². The van der Waals surface area contributed by atoms with Gasteiger partial charge in [-0.2, -0.15) is 18.3 Å². The lowest BCUT2D eigenvalue weighted by atomic mass is 10.1. The van der Waals surface area contributed by atoms with Crippen molar-refractivity contribution in [1.82, 2.24) is 9.78 Å². The number of hydrogen-bond acceptors (Lipinski definition) is 4. The lowest BCUT2D eigenvalue weighted by Crippen LogP contribution is -2.44. The maximum atomic E-state index is 14.6. The van der Waals surface area contributed by atoms with Crippen LogP contribution in [-0.4, -0.2) is 35.3 Å². The van der Waals surface area contributed by atoms with Crippen LogP contribution in [0.2, 0.25) is 5.02 Å². The average Bonchev–Trinajstić information content (AvgIpc) is 2.89. The van der Waals surface area contributed by atoms with E-state index in [4.69, 9.17) is 22.8 Å². The number of halogens is 5. The van der Waals surface area contributed by atoms with Crippen molar-refractivity contribution in [2.75, 3.05) is 18.1 Å². The molecule has 0 spiro atoms. The highest BCUT2D eigenvalue weighted by Gasteiger charge is 2.39. The van der Waals surface area contributed by atoms with E-state index < -0.39 is 28.8 Å². The highest BCUT2D eigenvalue weighted by Crippen LogP contribution is 2.43. The Hall–Kier alpha value is -2.73. The van der Waals surface area contributed by atoms with E-state index >= 15 is 0 Å². The third-order valence-electron chi connectivity index (χ3n) is 4.10. The minimum atomic E-state index is -4.76. The minimum absolute atomic E-state index is 0.0224. The van der Waals surface area contributed by atoms with Gasteiger partial charge in [0.25, 0.3) is 0 Å². The van der Waals surface area contributed by atoms with Gasteiger partial charge in [-0.1, -0.05) is 17.5 Å². The molecule has 27 heavy (non-hydrogen) atoms. The summed E-state index contributed by atoms with van der Waals surface area (Å²) in [4.78, 5) is 12.8. The predicted octanol–water partition coefficient (Wildman–Crippen LogP) is 3.30. The molecule has 0 saturated carbocycles. The molecule has 0 amide bonds. The van der Waals surface area contributed by atoms with Crippen LogP contribution in [0.15, 0.2) is 12.1 Å². The molecule has 0 saturated heterocycles. The van der Waals surface area contributed by atoms with Crippen LogP contribution in [0.4, 0.5) is 23.2 Å². The molecule has 2 aromatic rings. The van der Waals surface area contributed by atoms with E-state index in [0.717, 1.165) is 13.1 Å². The number of carbonyl (C=O) groups is 1. The number of nitrogens with zero attached hydrogens (tertiary/aromatic N) is 3. The summed E-state index contributed by atoms with van der Waals surface area (Å²) >= 11 is 5.85. The molecule has 1 aromatic heterocycles. The van der Waals surface area contributed by atoms with E-state index in [9.17, 15) is 22.4 Å². The number of anilines is 1. The SMILES string of the molecule is C#CCN1c2cc(-c3nn(C)c(C(F)(F)F)c3Cl)c(F)cc2OCC1C=O. The van der Waals surface area contributed by atoms with Crippen LogP contribution in [-0.2, 0) is 18.0 Å². The van der Waals surface area contributed by atoms with Crippen molar-refractivity contribution in [1.29, 1.82) is 0 Å². The average molecular weight is 402 g/mol. The molecule has 142 valence electrons. The van der Waals surface area contributed by atoms with Crippen LogP contribution in [0.1, 0.15) is 5.69 Å². The molecule has 1 aliphatic rings. The molecule has 1 aromatic carbocycles. The number of rotatable bonds is 3. The zero-order chi connectivity index (χ0) is 19.9. The molecule has 5 nitrogen and oxygen atoms in total. The summed E-state index contributed by atoms with van der Waals surface area (Å²) in [6, 6.07) is 1.52. The van der Waals surface area contributed by atoms with Gasteiger partial charge in [0, 0.05) is 18.7 Å². The highest BCUT2D eigenvalue weighted by atomic mass is 35.5. The number of alkyl halides is 3. The molecule has 1 unspecified atom stereocenters. The Kier molecular flexibility index (Phi) is 4.78. The van der Waals surface area contributed by atoms with E-state index in [2.05, 4.69) is 11.0 Å². The number of ether oxygens (including phenoxy) is 1. The predicted molar refractivity (Wildman–Crippen MR) is 90.1 cm³/mol. The number of aldehydes is 1. The van der Waals surface area contributed by atoms with Gasteiger partial charge in [-0.15, -0.1) is 6.42 Å². The minimum Gasteiger partial charge on any atom is -0.489 e. The first-order chi connectivity index (χ1) is 12.7. The maximum Gasteiger partial charge on any atom is 0.434 e. The molecule has 10 heteroatoms. The van der Waals surface area contributed by atoms with E-state index in [-0.39, 0.29) is 35.8 Å². The van der Waals surface area contributed by atoms with Crippen LogP contribution >= 0.6 is 11.6 Å². The lowest BCUT2D eigenvalue weighted by Gasteiger charge is -2.34. The number of benzene rings is 1. The Morgan fingerprint density at radius 2 is 2.19 bits per heavy atom. The zero-order valence-electron chi connectivity index (χ0n) is 13.8. The second-order valence-corrected chi connectivity index (χ2v) is 6.16. The fraction of sp³-hybridized carbons (Fsp3) is 0.294. The third kappa shape index (κ3) is 3.21. The molecular weight excluding hydrogens is 390 g/mol. The normalized spacial score (nSPS) is 16.5. The second kappa shape index (κ2) is 6.78. The second-order valence-electron chi connectivity index (χ2n) is 5.78. The van der Waals surface area contributed by atoms with Crippen LogP contribution < -0.4 is 9.64 Å². The van der Waals surface area contributed by atoms with Crippen molar-refractivity contribution in [3.63, 3.8) is 0 Å². The number of hydrogen-bond donors (Lipinski definition) is 0. The smallest absolute Gasteiger partial charge is 0.434 e. The first-order valence-corrected chi connectivity index (χ1v) is 7.98. The monoisotopic (exact) mass is 401 g/mol. The first-order valence-electron chi connectivity index (χ1n) is 7.60. The Balaban J connectivity index is 2.19. The van der Waals surface area contributed by atoms with Gasteiger partial charge in [0.1, 0.15) is 36.2 Å². The summed E-state index contributed by atoms with van der Waals surface area (Å²) in [5, 5.41) is 3.00. The zero-order valence-corrected chi connectivity index (χ0v) is 14.6. The van der Waals surface area contributed by atoms with E-state index in [1.807, 2.05) is 0 Å². The Morgan fingerprint density at radius 1 is 1.48 bits per heavy atom. The van der Waals surface area contributed by atoms with Gasteiger partial charge < -0.3 is 14.4 Å². The summed E-state index contributed by atoms with van der Waals surface area (Å²) in [5.41, 5.74) is -1.57. The van der Waals surface area contributed by atoms with Gasteiger partial charge in [0.15, 0.2) is 5.69 Å². The Labute approximate surface area is 156 Å². The number of terminal acetylenes is 1. The molecule has 0 radical (unpaired) electrons. The number of aromatic nitrogens is 2. The van der Waals surface area contributed by atoms with Crippen molar-refractivity contribution in [3.05, 3.63) is 28.7 Å². The lowest BCUT2D eigenvalue weighted by molar-refractivity contribution is -0.143. The van der Waals surface area contributed by atoms with Crippen molar-refractivity contribution in [2.45, 2.75) is 12.2 Å². The molecular formula is C17H12ClF4N3O2.